The molecule has 130 valence electrons. The van der Waals surface area contributed by atoms with Gasteiger partial charge in [-0.3, -0.25) is 14.6 Å². The predicted molar refractivity (Wildman–Crippen MR) is 89.0 cm³/mol. The number of urea groups is 1. The Labute approximate surface area is 144 Å². The molecular formula is C18H18N2O5. The first-order valence-electron chi connectivity index (χ1n) is 7.97. The molecule has 2 heterocycles. The summed E-state index contributed by atoms with van der Waals surface area (Å²) in [6, 6.07) is 9.36. The van der Waals surface area contributed by atoms with Crippen molar-refractivity contribution in [2.45, 2.75) is 26.4 Å². The number of amides is 3. The maximum Gasteiger partial charge on any atom is 0.341 e. The highest BCUT2D eigenvalue weighted by molar-refractivity contribution is 6.14. The Bertz CT molecular complexity index is 799. The van der Waals surface area contributed by atoms with Crippen LogP contribution < -0.4 is 4.90 Å². The molecule has 3 amide bonds. The second-order valence-corrected chi connectivity index (χ2v) is 5.57. The minimum Gasteiger partial charge on any atom is -0.467 e. The van der Waals surface area contributed by atoms with Gasteiger partial charge >= 0.3 is 12.0 Å². The van der Waals surface area contributed by atoms with E-state index in [0.29, 0.717) is 5.69 Å². The van der Waals surface area contributed by atoms with E-state index in [4.69, 9.17) is 9.15 Å². The summed E-state index contributed by atoms with van der Waals surface area (Å²) in [6.45, 7) is 3.47. The third kappa shape index (κ3) is 3.00. The summed E-state index contributed by atoms with van der Waals surface area (Å²) in [5.41, 5.74) is 0.856. The van der Waals surface area contributed by atoms with Crippen LogP contribution in [0.5, 0.6) is 0 Å². The Hall–Kier alpha value is -3.09. The van der Waals surface area contributed by atoms with Gasteiger partial charge in [0.15, 0.2) is 0 Å². The molecule has 1 saturated heterocycles. The molecule has 25 heavy (non-hydrogen) atoms. The first-order valence-corrected chi connectivity index (χ1v) is 7.97. The lowest BCUT2D eigenvalue weighted by atomic mass is 10.2. The average molecular weight is 342 g/mol. The van der Waals surface area contributed by atoms with Crippen LogP contribution in [0.15, 0.2) is 47.1 Å². The van der Waals surface area contributed by atoms with E-state index in [2.05, 4.69) is 0 Å². The van der Waals surface area contributed by atoms with Gasteiger partial charge in [0, 0.05) is 5.69 Å². The summed E-state index contributed by atoms with van der Waals surface area (Å²) in [6.07, 6.45) is 1.34. The summed E-state index contributed by atoms with van der Waals surface area (Å²) >= 11 is 0. The summed E-state index contributed by atoms with van der Waals surface area (Å²) in [5, 5.41) is 0. The minimum atomic E-state index is -0.629. The molecule has 2 aromatic rings. The fourth-order valence-electron chi connectivity index (χ4n) is 2.79. The van der Waals surface area contributed by atoms with Crippen LogP contribution in [0.3, 0.4) is 0 Å². The Morgan fingerprint density at radius 3 is 2.60 bits per heavy atom. The zero-order chi connectivity index (χ0) is 18.0. The van der Waals surface area contributed by atoms with Crippen LogP contribution in [0.2, 0.25) is 0 Å². The molecule has 1 fully saturated rings. The molecule has 0 radical (unpaired) electrons. The molecule has 7 heteroatoms. The lowest BCUT2D eigenvalue weighted by molar-refractivity contribution is -0.127. The smallest absolute Gasteiger partial charge is 0.341 e. The summed E-state index contributed by atoms with van der Waals surface area (Å²) in [4.78, 5) is 39.7. The molecule has 0 aliphatic carbocycles. The van der Waals surface area contributed by atoms with E-state index in [1.54, 1.807) is 38.1 Å². The van der Waals surface area contributed by atoms with Crippen molar-refractivity contribution in [2.24, 2.45) is 0 Å². The van der Waals surface area contributed by atoms with Crippen molar-refractivity contribution in [1.82, 2.24) is 4.90 Å². The van der Waals surface area contributed by atoms with Crippen LogP contribution in [-0.4, -0.2) is 35.5 Å². The van der Waals surface area contributed by atoms with Crippen LogP contribution in [-0.2, 0) is 16.1 Å². The molecule has 1 aromatic carbocycles. The third-order valence-electron chi connectivity index (χ3n) is 4.02. The van der Waals surface area contributed by atoms with E-state index in [1.807, 2.05) is 6.07 Å². The molecule has 0 unspecified atom stereocenters. The third-order valence-corrected chi connectivity index (χ3v) is 4.02. The van der Waals surface area contributed by atoms with Crippen LogP contribution in [0.1, 0.15) is 30.0 Å². The number of carbonyl (C=O) groups is 3. The largest absolute Gasteiger partial charge is 0.467 e. The molecule has 0 spiro atoms. The molecule has 3 rings (SSSR count). The van der Waals surface area contributed by atoms with Gasteiger partial charge < -0.3 is 9.15 Å². The van der Waals surface area contributed by atoms with Crippen molar-refractivity contribution in [3.8, 4) is 0 Å². The van der Waals surface area contributed by atoms with Gasteiger partial charge in [0.05, 0.1) is 19.4 Å². The van der Waals surface area contributed by atoms with E-state index < -0.39 is 18.0 Å². The average Bonchev–Trinajstić information content (AvgIpc) is 3.15. The minimum absolute atomic E-state index is 0.119. The van der Waals surface area contributed by atoms with Crippen molar-refractivity contribution in [3.05, 3.63) is 54.0 Å². The number of furan rings is 1. The first kappa shape index (κ1) is 16.8. The van der Waals surface area contributed by atoms with Gasteiger partial charge in [-0.15, -0.1) is 0 Å². The van der Waals surface area contributed by atoms with Crippen molar-refractivity contribution >= 4 is 23.6 Å². The fraction of sp³-hybridized carbons (Fsp3) is 0.278. The molecule has 0 bridgehead atoms. The number of nitrogens with zero attached hydrogens (tertiary/aromatic N) is 2. The van der Waals surface area contributed by atoms with Gasteiger partial charge in [-0.05, 0) is 32.0 Å². The maximum absolute atomic E-state index is 12.7. The standard InChI is InChI=1S/C18H18N2O5/c1-3-24-17(22)14-9-10-25-15(14)11-19-16(21)12(2)20(18(19)23)13-7-5-4-6-8-13/h4-10,12H,3,11H2,1-2H3/t12-/m0/s1. The number of esters is 1. The van der Waals surface area contributed by atoms with Crippen molar-refractivity contribution in [2.75, 3.05) is 11.5 Å². The quantitative estimate of drug-likeness (QED) is 0.616. The summed E-state index contributed by atoms with van der Waals surface area (Å²) in [7, 11) is 0. The van der Waals surface area contributed by atoms with Crippen LogP contribution >= 0.6 is 0 Å². The number of imide groups is 1. The maximum atomic E-state index is 12.7. The number of para-hydroxylation sites is 1. The number of hydrogen-bond donors (Lipinski definition) is 0. The normalized spacial score (nSPS) is 17.3. The molecule has 0 saturated carbocycles. The topological polar surface area (TPSA) is 80.1 Å². The van der Waals surface area contributed by atoms with E-state index >= 15 is 0 Å². The highest BCUT2D eigenvalue weighted by Gasteiger charge is 2.44. The molecule has 0 N–H and O–H groups in total. The molecule has 1 atom stereocenters. The molecule has 1 aliphatic heterocycles. The first-order chi connectivity index (χ1) is 12.0. The Balaban J connectivity index is 1.85. The van der Waals surface area contributed by atoms with E-state index in [0.717, 1.165) is 4.90 Å². The number of rotatable bonds is 5. The lowest BCUT2D eigenvalue weighted by Gasteiger charge is -2.19. The van der Waals surface area contributed by atoms with Gasteiger partial charge in [0.1, 0.15) is 17.4 Å². The zero-order valence-corrected chi connectivity index (χ0v) is 14.0. The second-order valence-electron chi connectivity index (χ2n) is 5.57. The van der Waals surface area contributed by atoms with Crippen LogP contribution in [0, 0.1) is 0 Å². The molecule has 7 nitrogen and oxygen atoms in total. The van der Waals surface area contributed by atoms with Gasteiger partial charge in [-0.2, -0.15) is 0 Å². The molecular weight excluding hydrogens is 324 g/mol. The highest BCUT2D eigenvalue weighted by atomic mass is 16.5. The zero-order valence-electron chi connectivity index (χ0n) is 14.0. The predicted octanol–water partition coefficient (Wildman–Crippen LogP) is 2.81. The SMILES string of the molecule is CCOC(=O)c1ccoc1CN1C(=O)[C@H](C)N(c2ccccc2)C1=O. The second kappa shape index (κ2) is 6.80. The van der Waals surface area contributed by atoms with E-state index in [-0.39, 0.29) is 30.4 Å². The van der Waals surface area contributed by atoms with E-state index in [1.165, 1.54) is 17.2 Å². The van der Waals surface area contributed by atoms with Crippen molar-refractivity contribution in [3.63, 3.8) is 0 Å². The monoisotopic (exact) mass is 342 g/mol. The summed E-state index contributed by atoms with van der Waals surface area (Å²) < 4.78 is 10.3. The van der Waals surface area contributed by atoms with Gasteiger partial charge in [-0.1, -0.05) is 18.2 Å². The summed E-state index contributed by atoms with van der Waals surface area (Å²) in [5.74, 6) is -0.666. The number of anilines is 1. The molecule has 1 aromatic heterocycles. The molecule has 1 aliphatic rings. The number of ether oxygens (including phenoxy) is 1. The van der Waals surface area contributed by atoms with E-state index in [9.17, 15) is 14.4 Å². The Morgan fingerprint density at radius 2 is 1.92 bits per heavy atom. The lowest BCUT2D eigenvalue weighted by Crippen LogP contribution is -2.33. The highest BCUT2D eigenvalue weighted by Crippen LogP contribution is 2.27. The fourth-order valence-corrected chi connectivity index (χ4v) is 2.79. The van der Waals surface area contributed by atoms with Gasteiger partial charge in [0.25, 0.3) is 5.91 Å². The van der Waals surface area contributed by atoms with Crippen molar-refractivity contribution in [1.29, 1.82) is 0 Å². The van der Waals surface area contributed by atoms with Gasteiger partial charge in [0.2, 0.25) is 0 Å². The number of benzene rings is 1. The number of carbonyl (C=O) groups excluding carboxylic acids is 3. The Kier molecular flexibility index (Phi) is 4.56. The van der Waals surface area contributed by atoms with Crippen LogP contribution in [0.4, 0.5) is 10.5 Å². The van der Waals surface area contributed by atoms with Gasteiger partial charge in [-0.25, -0.2) is 9.59 Å². The number of hydrogen-bond acceptors (Lipinski definition) is 5. The Morgan fingerprint density at radius 1 is 1.20 bits per heavy atom. The van der Waals surface area contributed by atoms with Crippen molar-refractivity contribution < 1.29 is 23.5 Å². The van der Waals surface area contributed by atoms with Crippen LogP contribution in [0.25, 0.3) is 0 Å².